The Kier molecular flexibility index (Phi) is 4.36. The minimum Gasteiger partial charge on any atom is -0.459 e. The second-order valence-electron chi connectivity index (χ2n) is 4.33. The first-order chi connectivity index (χ1) is 9.20. The molecule has 1 amide bonds. The molecule has 0 aliphatic heterocycles. The zero-order chi connectivity index (χ0) is 13.7. The molecule has 19 heavy (non-hydrogen) atoms. The molecule has 0 fully saturated rings. The number of furan rings is 1. The van der Waals surface area contributed by atoms with Gasteiger partial charge in [0.15, 0.2) is 5.76 Å². The van der Waals surface area contributed by atoms with Crippen LogP contribution in [-0.2, 0) is 0 Å². The van der Waals surface area contributed by atoms with E-state index in [1.54, 1.807) is 12.1 Å². The molecule has 1 unspecified atom stereocenters. The Balaban J connectivity index is 2.01. The zero-order valence-corrected chi connectivity index (χ0v) is 11.1. The Morgan fingerprint density at radius 2 is 2.00 bits per heavy atom. The normalized spacial score (nSPS) is 12.1. The molecule has 2 rings (SSSR count). The lowest BCUT2D eigenvalue weighted by atomic mass is 10.1. The van der Waals surface area contributed by atoms with Crippen molar-refractivity contribution in [2.75, 3.05) is 11.9 Å². The van der Waals surface area contributed by atoms with Crippen molar-refractivity contribution in [3.63, 3.8) is 0 Å². The lowest BCUT2D eigenvalue weighted by Crippen LogP contribution is -2.17. The highest BCUT2D eigenvalue weighted by Crippen LogP contribution is 2.16. The molecule has 1 atom stereocenters. The number of hydrogen-bond donors (Lipinski definition) is 2. The fraction of sp³-hybridized carbons (Fsp3) is 0.267. The van der Waals surface area contributed by atoms with Crippen LogP contribution < -0.4 is 10.6 Å². The largest absolute Gasteiger partial charge is 0.459 e. The van der Waals surface area contributed by atoms with Crippen LogP contribution >= 0.6 is 0 Å². The first kappa shape index (κ1) is 13.4. The van der Waals surface area contributed by atoms with E-state index in [0.717, 1.165) is 12.2 Å². The van der Waals surface area contributed by atoms with E-state index in [2.05, 4.69) is 24.5 Å². The Hall–Kier alpha value is -2.07. The van der Waals surface area contributed by atoms with Crippen LogP contribution in [0.5, 0.6) is 0 Å². The molecule has 1 heterocycles. The van der Waals surface area contributed by atoms with Gasteiger partial charge in [-0.3, -0.25) is 4.79 Å². The summed E-state index contributed by atoms with van der Waals surface area (Å²) in [5.74, 6) is 0.0718. The number of anilines is 1. The van der Waals surface area contributed by atoms with Crippen LogP contribution in [-0.4, -0.2) is 12.5 Å². The van der Waals surface area contributed by atoms with Crippen LogP contribution in [0.4, 0.5) is 5.69 Å². The van der Waals surface area contributed by atoms with Crippen molar-refractivity contribution in [2.24, 2.45) is 0 Å². The molecular formula is C15H18N2O2. The Morgan fingerprint density at radius 1 is 1.26 bits per heavy atom. The summed E-state index contributed by atoms with van der Waals surface area (Å²) < 4.78 is 5.04. The van der Waals surface area contributed by atoms with Crippen LogP contribution in [0.25, 0.3) is 0 Å². The molecule has 1 aromatic heterocycles. The zero-order valence-electron chi connectivity index (χ0n) is 11.1. The van der Waals surface area contributed by atoms with E-state index in [0.29, 0.717) is 11.8 Å². The lowest BCUT2D eigenvalue weighted by molar-refractivity contribution is 0.0996. The monoisotopic (exact) mass is 258 g/mol. The van der Waals surface area contributed by atoms with E-state index in [-0.39, 0.29) is 5.91 Å². The third-order valence-electron chi connectivity index (χ3n) is 2.92. The number of amides is 1. The summed E-state index contributed by atoms with van der Waals surface area (Å²) in [6.07, 6.45) is 1.48. The number of hydrogen-bond acceptors (Lipinski definition) is 3. The fourth-order valence-corrected chi connectivity index (χ4v) is 1.88. The van der Waals surface area contributed by atoms with Gasteiger partial charge in [-0.1, -0.05) is 19.1 Å². The molecular weight excluding hydrogens is 240 g/mol. The molecule has 4 heteroatoms. The summed E-state index contributed by atoms with van der Waals surface area (Å²) in [7, 11) is 0. The van der Waals surface area contributed by atoms with Crippen LogP contribution in [0.3, 0.4) is 0 Å². The predicted octanol–water partition coefficient (Wildman–Crippen LogP) is 3.20. The van der Waals surface area contributed by atoms with Crippen molar-refractivity contribution in [1.82, 2.24) is 5.32 Å². The van der Waals surface area contributed by atoms with E-state index >= 15 is 0 Å². The highest BCUT2D eigenvalue weighted by atomic mass is 16.3. The molecule has 2 aromatic rings. The maximum Gasteiger partial charge on any atom is 0.291 e. The highest BCUT2D eigenvalue weighted by molar-refractivity contribution is 6.02. The molecule has 4 nitrogen and oxygen atoms in total. The number of rotatable bonds is 5. The van der Waals surface area contributed by atoms with Gasteiger partial charge in [-0.2, -0.15) is 0 Å². The van der Waals surface area contributed by atoms with E-state index in [1.807, 2.05) is 24.3 Å². The second-order valence-corrected chi connectivity index (χ2v) is 4.33. The van der Waals surface area contributed by atoms with Gasteiger partial charge in [-0.25, -0.2) is 0 Å². The summed E-state index contributed by atoms with van der Waals surface area (Å²) >= 11 is 0. The third kappa shape index (κ3) is 3.45. The summed E-state index contributed by atoms with van der Waals surface area (Å²) in [5, 5.41) is 6.13. The molecule has 0 aliphatic carbocycles. The molecule has 0 aliphatic rings. The molecule has 0 spiro atoms. The van der Waals surface area contributed by atoms with Crippen LogP contribution in [0, 0.1) is 0 Å². The Bertz CT molecular complexity index is 518. The maximum absolute atomic E-state index is 11.8. The molecule has 2 N–H and O–H groups in total. The minimum atomic E-state index is -0.238. The Labute approximate surface area is 112 Å². The molecule has 0 saturated heterocycles. The van der Waals surface area contributed by atoms with E-state index < -0.39 is 0 Å². The molecule has 1 aromatic carbocycles. The minimum absolute atomic E-state index is 0.238. The maximum atomic E-state index is 11.8. The molecule has 0 bridgehead atoms. The average Bonchev–Trinajstić information content (AvgIpc) is 2.94. The van der Waals surface area contributed by atoms with Gasteiger partial charge in [0.05, 0.1) is 6.26 Å². The summed E-state index contributed by atoms with van der Waals surface area (Å²) in [4.78, 5) is 11.8. The van der Waals surface area contributed by atoms with Crippen molar-refractivity contribution in [1.29, 1.82) is 0 Å². The average molecular weight is 258 g/mol. The topological polar surface area (TPSA) is 54.3 Å². The van der Waals surface area contributed by atoms with Gasteiger partial charge in [-0.15, -0.1) is 0 Å². The number of carbonyl (C=O) groups is 1. The SMILES string of the molecule is CCNC(C)c1ccc(NC(=O)c2ccco2)cc1. The van der Waals surface area contributed by atoms with Crippen molar-refractivity contribution in [3.8, 4) is 0 Å². The van der Waals surface area contributed by atoms with E-state index in [9.17, 15) is 4.79 Å². The van der Waals surface area contributed by atoms with Gasteiger partial charge < -0.3 is 15.1 Å². The molecule has 0 saturated carbocycles. The summed E-state index contributed by atoms with van der Waals surface area (Å²) in [6.45, 7) is 5.12. The summed E-state index contributed by atoms with van der Waals surface area (Å²) in [5.41, 5.74) is 1.95. The van der Waals surface area contributed by atoms with Gasteiger partial charge in [0.25, 0.3) is 5.91 Å². The van der Waals surface area contributed by atoms with Crippen molar-refractivity contribution in [2.45, 2.75) is 19.9 Å². The van der Waals surface area contributed by atoms with Gasteiger partial charge >= 0.3 is 0 Å². The standard InChI is InChI=1S/C15H18N2O2/c1-3-16-11(2)12-6-8-13(9-7-12)17-15(18)14-5-4-10-19-14/h4-11,16H,3H2,1-2H3,(H,17,18). The van der Waals surface area contributed by atoms with Crippen LogP contribution in [0.1, 0.15) is 36.0 Å². The molecule has 0 radical (unpaired) electrons. The molecule has 100 valence electrons. The van der Waals surface area contributed by atoms with Crippen LogP contribution in [0.15, 0.2) is 47.1 Å². The number of benzene rings is 1. The fourth-order valence-electron chi connectivity index (χ4n) is 1.88. The predicted molar refractivity (Wildman–Crippen MR) is 75.2 cm³/mol. The van der Waals surface area contributed by atoms with Crippen molar-refractivity contribution in [3.05, 3.63) is 54.0 Å². The van der Waals surface area contributed by atoms with Gasteiger partial charge in [-0.05, 0) is 43.3 Å². The van der Waals surface area contributed by atoms with Gasteiger partial charge in [0.1, 0.15) is 0 Å². The van der Waals surface area contributed by atoms with E-state index in [1.165, 1.54) is 11.8 Å². The quantitative estimate of drug-likeness (QED) is 0.866. The third-order valence-corrected chi connectivity index (χ3v) is 2.92. The van der Waals surface area contributed by atoms with Crippen LogP contribution in [0.2, 0.25) is 0 Å². The lowest BCUT2D eigenvalue weighted by Gasteiger charge is -2.13. The van der Waals surface area contributed by atoms with Gasteiger partial charge in [0.2, 0.25) is 0 Å². The number of carbonyl (C=O) groups excluding carboxylic acids is 1. The summed E-state index contributed by atoms with van der Waals surface area (Å²) in [6, 6.07) is 11.4. The first-order valence-corrected chi connectivity index (χ1v) is 6.39. The van der Waals surface area contributed by atoms with Crippen molar-refractivity contribution >= 4 is 11.6 Å². The highest BCUT2D eigenvalue weighted by Gasteiger charge is 2.09. The second kappa shape index (κ2) is 6.20. The van der Waals surface area contributed by atoms with E-state index in [4.69, 9.17) is 4.42 Å². The number of nitrogens with one attached hydrogen (secondary N) is 2. The Morgan fingerprint density at radius 3 is 2.58 bits per heavy atom. The van der Waals surface area contributed by atoms with Gasteiger partial charge in [0, 0.05) is 11.7 Å². The smallest absolute Gasteiger partial charge is 0.291 e. The first-order valence-electron chi connectivity index (χ1n) is 6.39. The van der Waals surface area contributed by atoms with Crippen molar-refractivity contribution < 1.29 is 9.21 Å².